The Morgan fingerprint density at radius 2 is 1.95 bits per heavy atom. The van der Waals surface area contributed by atoms with Gasteiger partial charge in [-0.1, -0.05) is 13.8 Å². The van der Waals surface area contributed by atoms with Gasteiger partial charge in [0.05, 0.1) is 24.2 Å². The van der Waals surface area contributed by atoms with Crippen LogP contribution in [0, 0.1) is 16.0 Å². The second kappa shape index (κ2) is 8.77. The van der Waals surface area contributed by atoms with Crippen molar-refractivity contribution in [1.82, 2.24) is 0 Å². The number of aliphatic hydroxyl groups excluding tert-OH is 1. The molecule has 0 aromatic heterocycles. The Labute approximate surface area is 135 Å². The van der Waals surface area contributed by atoms with Crippen molar-refractivity contribution in [1.29, 1.82) is 0 Å². The van der Waals surface area contributed by atoms with E-state index in [1.807, 2.05) is 13.8 Å². The molecule has 2 atom stereocenters. The molecular weight excluding hydrogens is 312 g/mol. The summed E-state index contributed by atoms with van der Waals surface area (Å²) in [6.07, 6.45) is 0.475. The molecule has 0 spiro atoms. The standard InChI is InChI=1S/C14H22N2O5.ClH/c1-8(2)4-5-11(17)13(15)9-6-10(16(19)20)14(18)12(7-9)21-3;/h6-8,11,13,17-18H,4-5,15H2,1-3H3;1H/t11-,13+;/m0./s1. The second-order valence-electron chi connectivity index (χ2n) is 5.41. The van der Waals surface area contributed by atoms with E-state index in [9.17, 15) is 20.3 Å². The van der Waals surface area contributed by atoms with Gasteiger partial charge in [-0.2, -0.15) is 0 Å². The van der Waals surface area contributed by atoms with Gasteiger partial charge in [0, 0.05) is 6.07 Å². The van der Waals surface area contributed by atoms with Gasteiger partial charge in [-0.15, -0.1) is 12.4 Å². The van der Waals surface area contributed by atoms with Crippen molar-refractivity contribution >= 4 is 18.1 Å². The molecule has 0 radical (unpaired) electrons. The monoisotopic (exact) mass is 334 g/mol. The summed E-state index contributed by atoms with van der Waals surface area (Å²) in [4.78, 5) is 10.2. The van der Waals surface area contributed by atoms with Gasteiger partial charge in [0.25, 0.3) is 0 Å². The van der Waals surface area contributed by atoms with Gasteiger partial charge in [-0.3, -0.25) is 10.1 Å². The number of methoxy groups -OCH3 is 1. The van der Waals surface area contributed by atoms with E-state index in [0.717, 1.165) is 6.42 Å². The van der Waals surface area contributed by atoms with Crippen molar-refractivity contribution < 1.29 is 19.9 Å². The maximum atomic E-state index is 10.9. The van der Waals surface area contributed by atoms with E-state index < -0.39 is 28.5 Å². The summed E-state index contributed by atoms with van der Waals surface area (Å²) in [7, 11) is 1.29. The lowest BCUT2D eigenvalue weighted by molar-refractivity contribution is -0.386. The maximum absolute atomic E-state index is 10.9. The number of benzene rings is 1. The second-order valence-corrected chi connectivity index (χ2v) is 5.41. The number of nitrogens with two attached hydrogens (primary N) is 1. The van der Waals surface area contributed by atoms with Crippen molar-refractivity contribution in [2.45, 2.75) is 38.8 Å². The zero-order chi connectivity index (χ0) is 16.2. The highest BCUT2D eigenvalue weighted by molar-refractivity contribution is 5.85. The Kier molecular flexibility index (Phi) is 8.15. The summed E-state index contributed by atoms with van der Waals surface area (Å²) < 4.78 is 4.91. The van der Waals surface area contributed by atoms with Gasteiger partial charge in [-0.05, 0) is 30.4 Å². The van der Waals surface area contributed by atoms with Crippen LogP contribution in [0.3, 0.4) is 0 Å². The Balaban J connectivity index is 0.00000441. The van der Waals surface area contributed by atoms with Crippen LogP contribution < -0.4 is 10.5 Å². The molecule has 126 valence electrons. The minimum absolute atomic E-state index is 0. The van der Waals surface area contributed by atoms with Gasteiger partial charge in [0.2, 0.25) is 5.75 Å². The summed E-state index contributed by atoms with van der Waals surface area (Å²) in [6, 6.07) is 1.80. The summed E-state index contributed by atoms with van der Waals surface area (Å²) in [5.41, 5.74) is 5.82. The maximum Gasteiger partial charge on any atom is 0.314 e. The number of ether oxygens (including phenoxy) is 1. The van der Waals surface area contributed by atoms with Crippen LogP contribution in [0.5, 0.6) is 11.5 Å². The van der Waals surface area contributed by atoms with Crippen molar-refractivity contribution in [2.75, 3.05) is 7.11 Å². The summed E-state index contributed by atoms with van der Waals surface area (Å²) >= 11 is 0. The van der Waals surface area contributed by atoms with Gasteiger partial charge >= 0.3 is 5.69 Å². The number of aromatic hydroxyl groups is 1. The Hall–Kier alpha value is -1.57. The Bertz CT molecular complexity index is 510. The first-order valence-electron chi connectivity index (χ1n) is 6.76. The van der Waals surface area contributed by atoms with Crippen LogP contribution in [0.4, 0.5) is 5.69 Å². The average Bonchev–Trinajstić information content (AvgIpc) is 2.43. The van der Waals surface area contributed by atoms with Crippen molar-refractivity contribution in [3.05, 3.63) is 27.8 Å². The third-order valence-corrected chi connectivity index (χ3v) is 3.33. The third kappa shape index (κ3) is 5.01. The van der Waals surface area contributed by atoms with Gasteiger partial charge in [0.1, 0.15) is 0 Å². The predicted molar refractivity (Wildman–Crippen MR) is 85.6 cm³/mol. The first kappa shape index (κ1) is 20.4. The average molecular weight is 335 g/mol. The van der Waals surface area contributed by atoms with E-state index in [4.69, 9.17) is 10.5 Å². The topological polar surface area (TPSA) is 119 Å². The SMILES string of the molecule is COc1cc([C@@H](N)[C@@H](O)CCC(C)C)cc([N+](=O)[O-])c1O.Cl. The van der Waals surface area contributed by atoms with Gasteiger partial charge < -0.3 is 20.7 Å². The molecule has 1 rings (SSSR count). The number of halogens is 1. The number of phenols is 1. The van der Waals surface area contributed by atoms with E-state index in [2.05, 4.69) is 0 Å². The molecule has 0 unspecified atom stereocenters. The number of hydrogen-bond acceptors (Lipinski definition) is 6. The molecule has 7 nitrogen and oxygen atoms in total. The smallest absolute Gasteiger partial charge is 0.314 e. The predicted octanol–water partition coefficient (Wildman–Crippen LogP) is 2.53. The lowest BCUT2D eigenvalue weighted by atomic mass is 9.95. The molecule has 0 aliphatic carbocycles. The van der Waals surface area contributed by atoms with Crippen molar-refractivity contribution in [3.63, 3.8) is 0 Å². The molecule has 0 aliphatic rings. The van der Waals surface area contributed by atoms with E-state index in [1.54, 1.807) is 0 Å². The van der Waals surface area contributed by atoms with Crippen LogP contribution in [0.2, 0.25) is 0 Å². The summed E-state index contributed by atoms with van der Waals surface area (Å²) in [5.74, 6) is -0.156. The molecule has 0 fully saturated rings. The number of rotatable bonds is 7. The number of nitrogens with zero attached hydrogens (tertiary/aromatic N) is 1. The van der Waals surface area contributed by atoms with Gasteiger partial charge in [-0.25, -0.2) is 0 Å². The fourth-order valence-corrected chi connectivity index (χ4v) is 2.01. The first-order valence-corrected chi connectivity index (χ1v) is 6.76. The largest absolute Gasteiger partial charge is 0.500 e. The lowest BCUT2D eigenvalue weighted by Gasteiger charge is -2.20. The fraction of sp³-hybridized carbons (Fsp3) is 0.571. The number of hydrogen-bond donors (Lipinski definition) is 3. The molecule has 0 bridgehead atoms. The molecule has 1 aromatic carbocycles. The normalized spacial score (nSPS) is 13.4. The minimum atomic E-state index is -0.818. The molecule has 4 N–H and O–H groups in total. The van der Waals surface area contributed by atoms with Gasteiger partial charge in [0.15, 0.2) is 5.75 Å². The van der Waals surface area contributed by atoms with Crippen LogP contribution in [0.1, 0.15) is 38.3 Å². The molecule has 0 saturated carbocycles. The third-order valence-electron chi connectivity index (χ3n) is 3.33. The van der Waals surface area contributed by atoms with Crippen LogP contribution in [0.15, 0.2) is 12.1 Å². The van der Waals surface area contributed by atoms with Crippen molar-refractivity contribution in [3.8, 4) is 11.5 Å². The minimum Gasteiger partial charge on any atom is -0.500 e. The van der Waals surface area contributed by atoms with Crippen LogP contribution in [-0.4, -0.2) is 28.4 Å². The van der Waals surface area contributed by atoms with Crippen LogP contribution in [-0.2, 0) is 0 Å². The molecule has 1 aromatic rings. The number of nitro groups is 1. The lowest BCUT2D eigenvalue weighted by Crippen LogP contribution is -2.26. The highest BCUT2D eigenvalue weighted by atomic mass is 35.5. The zero-order valence-electron chi connectivity index (χ0n) is 12.9. The van der Waals surface area contributed by atoms with E-state index in [1.165, 1.54) is 19.2 Å². The van der Waals surface area contributed by atoms with Crippen molar-refractivity contribution in [2.24, 2.45) is 11.7 Å². The highest BCUT2D eigenvalue weighted by Crippen LogP contribution is 2.38. The Morgan fingerprint density at radius 3 is 2.41 bits per heavy atom. The fourth-order valence-electron chi connectivity index (χ4n) is 2.01. The van der Waals surface area contributed by atoms with Crippen LogP contribution in [0.25, 0.3) is 0 Å². The summed E-state index contributed by atoms with van der Waals surface area (Å²) in [6.45, 7) is 4.07. The number of aliphatic hydroxyl groups is 1. The number of phenolic OH excluding ortho intramolecular Hbond substituents is 1. The molecule has 0 amide bonds. The first-order chi connectivity index (χ1) is 9.77. The van der Waals surface area contributed by atoms with E-state index in [0.29, 0.717) is 17.9 Å². The van der Waals surface area contributed by atoms with E-state index >= 15 is 0 Å². The summed E-state index contributed by atoms with van der Waals surface area (Å²) in [5, 5.41) is 30.7. The number of nitro benzene ring substituents is 1. The molecule has 0 saturated heterocycles. The molecule has 8 heteroatoms. The quantitative estimate of drug-likeness (QED) is 0.520. The van der Waals surface area contributed by atoms with Crippen LogP contribution >= 0.6 is 12.4 Å². The van der Waals surface area contributed by atoms with E-state index in [-0.39, 0.29) is 18.2 Å². The molecule has 0 aliphatic heterocycles. The molecular formula is C14H23ClN2O5. The highest BCUT2D eigenvalue weighted by Gasteiger charge is 2.25. The molecule has 22 heavy (non-hydrogen) atoms. The molecule has 0 heterocycles. The Morgan fingerprint density at radius 1 is 1.36 bits per heavy atom. The zero-order valence-corrected chi connectivity index (χ0v) is 13.7.